The standard InChI is InChI=1S/C14H19Cl2N3O2.ClH/c1-3-6-19(14(21)8-17-2)9-13(20)18-12-5-4-10(15)7-11(12)16;/h4-5,7,17H,3,6,8-9H2,1-2H3,(H,18,20);1H. The van der Waals surface area contributed by atoms with Gasteiger partial charge in [-0.15, -0.1) is 12.4 Å². The molecular weight excluding hydrogens is 349 g/mol. The van der Waals surface area contributed by atoms with E-state index in [4.69, 9.17) is 23.2 Å². The summed E-state index contributed by atoms with van der Waals surface area (Å²) in [5.74, 6) is -0.408. The van der Waals surface area contributed by atoms with E-state index in [2.05, 4.69) is 10.6 Å². The quantitative estimate of drug-likeness (QED) is 0.778. The molecule has 0 aromatic heterocycles. The number of nitrogens with zero attached hydrogens (tertiary/aromatic N) is 1. The molecule has 5 nitrogen and oxygen atoms in total. The van der Waals surface area contributed by atoms with E-state index in [0.717, 1.165) is 6.42 Å². The Balaban J connectivity index is 0.00000441. The molecular formula is C14H20Cl3N3O2. The number of anilines is 1. The number of carbonyl (C=O) groups is 2. The van der Waals surface area contributed by atoms with Crippen molar-refractivity contribution in [3.8, 4) is 0 Å². The fraction of sp³-hybridized carbons (Fsp3) is 0.429. The van der Waals surface area contributed by atoms with Gasteiger partial charge in [0.2, 0.25) is 11.8 Å². The molecule has 0 aliphatic rings. The third kappa shape index (κ3) is 6.83. The summed E-state index contributed by atoms with van der Waals surface area (Å²) >= 11 is 11.8. The lowest BCUT2D eigenvalue weighted by atomic mass is 10.3. The van der Waals surface area contributed by atoms with E-state index in [-0.39, 0.29) is 37.3 Å². The van der Waals surface area contributed by atoms with E-state index in [9.17, 15) is 9.59 Å². The molecule has 0 fully saturated rings. The van der Waals surface area contributed by atoms with Gasteiger partial charge in [-0.05, 0) is 31.7 Å². The number of hydrogen-bond acceptors (Lipinski definition) is 3. The van der Waals surface area contributed by atoms with Crippen molar-refractivity contribution >= 4 is 53.1 Å². The predicted molar refractivity (Wildman–Crippen MR) is 93.1 cm³/mol. The highest BCUT2D eigenvalue weighted by Crippen LogP contribution is 2.25. The van der Waals surface area contributed by atoms with Gasteiger partial charge in [-0.2, -0.15) is 0 Å². The fourth-order valence-corrected chi connectivity index (χ4v) is 2.23. The number of rotatable bonds is 7. The van der Waals surface area contributed by atoms with E-state index in [1.807, 2.05) is 6.92 Å². The average Bonchev–Trinajstić information content (AvgIpc) is 2.42. The first-order valence-corrected chi connectivity index (χ1v) is 7.40. The molecule has 22 heavy (non-hydrogen) atoms. The normalized spacial score (nSPS) is 9.82. The highest BCUT2D eigenvalue weighted by atomic mass is 35.5. The fourth-order valence-electron chi connectivity index (χ4n) is 1.78. The van der Waals surface area contributed by atoms with Crippen LogP contribution in [0.15, 0.2) is 18.2 Å². The molecule has 0 aliphatic carbocycles. The van der Waals surface area contributed by atoms with Crippen LogP contribution in [-0.4, -0.2) is 43.4 Å². The van der Waals surface area contributed by atoms with Crippen LogP contribution in [0.1, 0.15) is 13.3 Å². The molecule has 0 unspecified atom stereocenters. The van der Waals surface area contributed by atoms with Crippen molar-refractivity contribution in [2.45, 2.75) is 13.3 Å². The maximum Gasteiger partial charge on any atom is 0.244 e. The molecule has 0 bridgehead atoms. The van der Waals surface area contributed by atoms with Crippen LogP contribution in [0.2, 0.25) is 10.0 Å². The molecule has 0 heterocycles. The SMILES string of the molecule is CCCN(CC(=O)Nc1ccc(Cl)cc1Cl)C(=O)CNC.Cl. The number of halogens is 3. The summed E-state index contributed by atoms with van der Waals surface area (Å²) in [5.41, 5.74) is 0.476. The maximum absolute atomic E-state index is 12.0. The predicted octanol–water partition coefficient (Wildman–Crippen LogP) is 2.81. The Hall–Kier alpha value is -1.01. The summed E-state index contributed by atoms with van der Waals surface area (Å²) in [6.07, 6.45) is 0.782. The zero-order valence-corrected chi connectivity index (χ0v) is 14.8. The maximum atomic E-state index is 12.0. The van der Waals surface area contributed by atoms with Crippen LogP contribution in [0.25, 0.3) is 0 Å². The summed E-state index contributed by atoms with van der Waals surface area (Å²) in [5, 5.41) is 6.32. The molecule has 0 spiro atoms. The second-order valence-electron chi connectivity index (χ2n) is 4.52. The second-order valence-corrected chi connectivity index (χ2v) is 5.36. The summed E-state index contributed by atoms with van der Waals surface area (Å²) < 4.78 is 0. The molecule has 1 aromatic rings. The van der Waals surface area contributed by atoms with E-state index in [1.54, 1.807) is 25.2 Å². The summed E-state index contributed by atoms with van der Waals surface area (Å²) in [7, 11) is 1.69. The van der Waals surface area contributed by atoms with Crippen LogP contribution >= 0.6 is 35.6 Å². The molecule has 124 valence electrons. The third-order valence-corrected chi connectivity index (χ3v) is 3.26. The van der Waals surface area contributed by atoms with Crippen molar-refractivity contribution < 1.29 is 9.59 Å². The van der Waals surface area contributed by atoms with Crippen LogP contribution in [0.3, 0.4) is 0 Å². The van der Waals surface area contributed by atoms with Gasteiger partial charge in [0, 0.05) is 11.6 Å². The Labute approximate surface area is 146 Å². The van der Waals surface area contributed by atoms with Gasteiger partial charge in [-0.25, -0.2) is 0 Å². The lowest BCUT2D eigenvalue weighted by Crippen LogP contribution is -2.42. The molecule has 0 saturated carbocycles. The summed E-state index contributed by atoms with van der Waals surface area (Å²) in [4.78, 5) is 25.4. The van der Waals surface area contributed by atoms with Gasteiger partial charge in [0.1, 0.15) is 0 Å². The number of carbonyl (C=O) groups excluding carboxylic acids is 2. The largest absolute Gasteiger partial charge is 0.332 e. The number of likely N-dealkylation sites (N-methyl/N-ethyl adjacent to an activating group) is 1. The first-order chi connectivity index (χ1) is 9.97. The van der Waals surface area contributed by atoms with E-state index < -0.39 is 0 Å². The number of benzene rings is 1. The number of nitrogens with one attached hydrogen (secondary N) is 2. The Morgan fingerprint density at radius 1 is 1.27 bits per heavy atom. The van der Waals surface area contributed by atoms with Crippen molar-refractivity contribution in [3.05, 3.63) is 28.2 Å². The Kier molecular flexibility index (Phi) is 10.2. The van der Waals surface area contributed by atoms with Gasteiger partial charge in [-0.1, -0.05) is 30.1 Å². The van der Waals surface area contributed by atoms with Crippen molar-refractivity contribution in [1.29, 1.82) is 0 Å². The molecule has 8 heteroatoms. The van der Waals surface area contributed by atoms with Gasteiger partial charge in [0.05, 0.1) is 23.8 Å². The monoisotopic (exact) mass is 367 g/mol. The molecule has 1 aromatic carbocycles. The van der Waals surface area contributed by atoms with Crippen LogP contribution in [0, 0.1) is 0 Å². The Morgan fingerprint density at radius 3 is 2.50 bits per heavy atom. The third-order valence-electron chi connectivity index (χ3n) is 2.71. The summed E-state index contributed by atoms with van der Waals surface area (Å²) in [6, 6.07) is 4.82. The highest BCUT2D eigenvalue weighted by Gasteiger charge is 2.16. The van der Waals surface area contributed by atoms with Crippen LogP contribution in [-0.2, 0) is 9.59 Å². The molecule has 0 radical (unpaired) electrons. The first-order valence-electron chi connectivity index (χ1n) is 6.65. The molecule has 0 atom stereocenters. The molecule has 2 amide bonds. The van der Waals surface area contributed by atoms with Crippen molar-refractivity contribution in [2.24, 2.45) is 0 Å². The minimum Gasteiger partial charge on any atom is -0.332 e. The van der Waals surface area contributed by atoms with Crippen LogP contribution in [0.5, 0.6) is 0 Å². The molecule has 0 aliphatic heterocycles. The first kappa shape index (κ1) is 21.0. The smallest absolute Gasteiger partial charge is 0.244 e. The molecule has 2 N–H and O–H groups in total. The zero-order chi connectivity index (χ0) is 15.8. The van der Waals surface area contributed by atoms with E-state index in [1.165, 1.54) is 4.90 Å². The van der Waals surface area contributed by atoms with Crippen LogP contribution in [0.4, 0.5) is 5.69 Å². The molecule has 1 rings (SSSR count). The molecule has 0 saturated heterocycles. The zero-order valence-electron chi connectivity index (χ0n) is 12.5. The lowest BCUT2D eigenvalue weighted by molar-refractivity contribution is -0.133. The highest BCUT2D eigenvalue weighted by molar-refractivity contribution is 6.36. The van der Waals surface area contributed by atoms with E-state index >= 15 is 0 Å². The number of hydrogen-bond donors (Lipinski definition) is 2. The number of amides is 2. The van der Waals surface area contributed by atoms with Gasteiger partial charge >= 0.3 is 0 Å². The second kappa shape index (κ2) is 10.7. The summed E-state index contributed by atoms with van der Waals surface area (Å²) in [6.45, 7) is 2.68. The van der Waals surface area contributed by atoms with Crippen LogP contribution < -0.4 is 10.6 Å². The van der Waals surface area contributed by atoms with Crippen molar-refractivity contribution in [3.63, 3.8) is 0 Å². The van der Waals surface area contributed by atoms with Gasteiger partial charge in [-0.3, -0.25) is 9.59 Å². The van der Waals surface area contributed by atoms with Crippen molar-refractivity contribution in [1.82, 2.24) is 10.2 Å². The topological polar surface area (TPSA) is 61.4 Å². The van der Waals surface area contributed by atoms with Gasteiger partial charge in [0.25, 0.3) is 0 Å². The minimum atomic E-state index is -0.294. The van der Waals surface area contributed by atoms with Gasteiger partial charge < -0.3 is 15.5 Å². The Morgan fingerprint density at radius 2 is 1.95 bits per heavy atom. The van der Waals surface area contributed by atoms with Crippen molar-refractivity contribution in [2.75, 3.05) is 32.0 Å². The minimum absolute atomic E-state index is 0. The van der Waals surface area contributed by atoms with E-state index in [0.29, 0.717) is 22.3 Å². The van der Waals surface area contributed by atoms with Gasteiger partial charge in [0.15, 0.2) is 0 Å². The average molecular weight is 369 g/mol. The lowest BCUT2D eigenvalue weighted by Gasteiger charge is -2.21. The Bertz CT molecular complexity index is 512.